The summed E-state index contributed by atoms with van der Waals surface area (Å²) in [6, 6.07) is 14.3. The average Bonchev–Trinajstić information content (AvgIpc) is 2.96. The molecule has 2 aromatic carbocycles. The number of aryl methyl sites for hydroxylation is 3. The van der Waals surface area contributed by atoms with Crippen molar-refractivity contribution in [3.8, 4) is 5.75 Å². The summed E-state index contributed by atoms with van der Waals surface area (Å²) in [4.78, 5) is 4.62. The smallest absolute Gasteiger partial charge is 0.138 e. The molecule has 0 radical (unpaired) electrons. The maximum atomic E-state index is 10.3. The van der Waals surface area contributed by atoms with Crippen molar-refractivity contribution in [2.45, 2.75) is 46.3 Å². The van der Waals surface area contributed by atoms with Gasteiger partial charge in [-0.25, -0.2) is 4.98 Å². The summed E-state index contributed by atoms with van der Waals surface area (Å²) in [5.74, 6) is 1.66. The predicted octanol–water partition coefficient (Wildman–Crippen LogP) is 4.99. The van der Waals surface area contributed by atoms with Gasteiger partial charge in [0.05, 0.1) is 17.6 Å². The zero-order valence-electron chi connectivity index (χ0n) is 15.6. The van der Waals surface area contributed by atoms with E-state index in [0.29, 0.717) is 13.0 Å². The molecule has 0 aliphatic heterocycles. The molecule has 0 aliphatic carbocycles. The van der Waals surface area contributed by atoms with Gasteiger partial charge in [0.15, 0.2) is 0 Å². The van der Waals surface area contributed by atoms with Crippen LogP contribution in [0.1, 0.15) is 42.8 Å². The Kier molecular flexibility index (Phi) is 7.06. The molecule has 1 unspecified atom stereocenters. The van der Waals surface area contributed by atoms with E-state index < -0.39 is 6.10 Å². The first-order valence-corrected chi connectivity index (χ1v) is 8.93. The molecule has 140 valence electrons. The molecule has 1 N–H and O–H groups in total. The Morgan fingerprint density at radius 3 is 2.50 bits per heavy atom. The van der Waals surface area contributed by atoms with Crippen LogP contribution in [-0.2, 0) is 6.54 Å². The van der Waals surface area contributed by atoms with Gasteiger partial charge in [-0.15, -0.1) is 12.4 Å². The second kappa shape index (κ2) is 9.06. The standard InChI is InChI=1S/C21H26N2O2.ClH/c1-4-20(24)21-22-18-8-5-6-9-19(18)23(21)10-7-11-25-17-13-15(2)12-16(3)14-17;/h5-6,8-9,12-14,20,24H,4,7,10-11H2,1-3H3;1H. The fraction of sp³-hybridized carbons (Fsp3) is 0.381. The topological polar surface area (TPSA) is 47.3 Å². The monoisotopic (exact) mass is 374 g/mol. The first kappa shape index (κ1) is 20.3. The molecule has 26 heavy (non-hydrogen) atoms. The largest absolute Gasteiger partial charge is 0.494 e. The SMILES string of the molecule is CCC(O)c1nc2ccccc2n1CCCOc1cc(C)cc(C)c1.Cl. The van der Waals surface area contributed by atoms with Crippen LogP contribution in [0, 0.1) is 13.8 Å². The number of rotatable bonds is 7. The molecule has 0 spiro atoms. The van der Waals surface area contributed by atoms with Crippen LogP contribution >= 0.6 is 12.4 Å². The van der Waals surface area contributed by atoms with Crippen molar-refractivity contribution in [1.82, 2.24) is 9.55 Å². The van der Waals surface area contributed by atoms with E-state index >= 15 is 0 Å². The fourth-order valence-corrected chi connectivity index (χ4v) is 3.20. The molecule has 0 saturated carbocycles. The van der Waals surface area contributed by atoms with E-state index in [4.69, 9.17) is 4.74 Å². The summed E-state index contributed by atoms with van der Waals surface area (Å²) in [5.41, 5.74) is 4.42. The highest BCUT2D eigenvalue weighted by Gasteiger charge is 2.16. The Morgan fingerprint density at radius 2 is 1.81 bits per heavy atom. The third-order valence-electron chi connectivity index (χ3n) is 4.36. The van der Waals surface area contributed by atoms with Gasteiger partial charge in [-0.05, 0) is 62.1 Å². The van der Waals surface area contributed by atoms with Crippen molar-refractivity contribution >= 4 is 23.4 Å². The summed E-state index contributed by atoms with van der Waals surface area (Å²) in [5, 5.41) is 10.3. The highest BCUT2D eigenvalue weighted by atomic mass is 35.5. The van der Waals surface area contributed by atoms with Gasteiger partial charge >= 0.3 is 0 Å². The van der Waals surface area contributed by atoms with Crippen LogP contribution in [0.25, 0.3) is 11.0 Å². The van der Waals surface area contributed by atoms with E-state index in [0.717, 1.165) is 35.6 Å². The van der Waals surface area contributed by atoms with Gasteiger partial charge < -0.3 is 14.4 Å². The lowest BCUT2D eigenvalue weighted by molar-refractivity contribution is 0.158. The van der Waals surface area contributed by atoms with Gasteiger partial charge in [0.25, 0.3) is 0 Å². The molecule has 1 atom stereocenters. The third-order valence-corrected chi connectivity index (χ3v) is 4.36. The second-order valence-electron chi connectivity index (χ2n) is 6.56. The quantitative estimate of drug-likeness (QED) is 0.593. The molecular weight excluding hydrogens is 348 g/mol. The zero-order chi connectivity index (χ0) is 17.8. The molecule has 0 saturated heterocycles. The number of hydrogen-bond acceptors (Lipinski definition) is 3. The highest BCUT2D eigenvalue weighted by molar-refractivity contribution is 5.85. The van der Waals surface area contributed by atoms with Crippen LogP contribution in [0.2, 0.25) is 0 Å². The molecule has 3 rings (SSSR count). The lowest BCUT2D eigenvalue weighted by Gasteiger charge is -2.13. The van der Waals surface area contributed by atoms with Crippen LogP contribution in [0.4, 0.5) is 0 Å². The van der Waals surface area contributed by atoms with E-state index in [1.807, 2.05) is 25.1 Å². The number of imidazole rings is 1. The lowest BCUT2D eigenvalue weighted by Crippen LogP contribution is -2.11. The maximum absolute atomic E-state index is 10.3. The molecule has 0 amide bonds. The summed E-state index contributed by atoms with van der Waals surface area (Å²) in [7, 11) is 0. The molecule has 5 heteroatoms. The van der Waals surface area contributed by atoms with Crippen LogP contribution in [0.15, 0.2) is 42.5 Å². The highest BCUT2D eigenvalue weighted by Crippen LogP contribution is 2.23. The number of aliphatic hydroxyl groups excluding tert-OH is 1. The van der Waals surface area contributed by atoms with E-state index in [9.17, 15) is 5.11 Å². The summed E-state index contributed by atoms with van der Waals surface area (Å²) in [6.45, 7) is 7.54. The molecule has 1 heterocycles. The number of benzene rings is 2. The number of fused-ring (bicyclic) bond motifs is 1. The molecule has 1 aromatic heterocycles. The van der Waals surface area contributed by atoms with Crippen molar-refractivity contribution < 1.29 is 9.84 Å². The molecular formula is C21H27ClN2O2. The summed E-state index contributed by atoms with van der Waals surface area (Å²) >= 11 is 0. The van der Waals surface area contributed by atoms with Crippen molar-refractivity contribution in [2.75, 3.05) is 6.61 Å². The first-order chi connectivity index (χ1) is 12.1. The molecule has 0 fully saturated rings. The number of nitrogens with zero attached hydrogens (tertiary/aromatic N) is 2. The Bertz CT molecular complexity index is 840. The average molecular weight is 375 g/mol. The summed E-state index contributed by atoms with van der Waals surface area (Å²) in [6.07, 6.45) is 0.979. The normalized spacial score (nSPS) is 12.0. The third kappa shape index (κ3) is 4.57. The molecule has 0 aliphatic rings. The van der Waals surface area contributed by atoms with Gasteiger partial charge in [0.2, 0.25) is 0 Å². The number of halogens is 1. The molecule has 0 bridgehead atoms. The van der Waals surface area contributed by atoms with Crippen LogP contribution in [0.5, 0.6) is 5.75 Å². The minimum absolute atomic E-state index is 0. The number of hydrogen-bond donors (Lipinski definition) is 1. The van der Waals surface area contributed by atoms with Gasteiger partial charge in [-0.1, -0.05) is 25.1 Å². The van der Waals surface area contributed by atoms with E-state index in [1.54, 1.807) is 0 Å². The van der Waals surface area contributed by atoms with E-state index in [-0.39, 0.29) is 12.4 Å². The minimum Gasteiger partial charge on any atom is -0.494 e. The summed E-state index contributed by atoms with van der Waals surface area (Å²) < 4.78 is 8.03. The number of para-hydroxylation sites is 2. The number of aromatic nitrogens is 2. The first-order valence-electron chi connectivity index (χ1n) is 8.93. The predicted molar refractivity (Wildman–Crippen MR) is 108 cm³/mol. The van der Waals surface area contributed by atoms with Crippen LogP contribution < -0.4 is 4.74 Å². The number of ether oxygens (including phenoxy) is 1. The van der Waals surface area contributed by atoms with Gasteiger partial charge in [0.1, 0.15) is 17.7 Å². The fourth-order valence-electron chi connectivity index (χ4n) is 3.20. The second-order valence-corrected chi connectivity index (χ2v) is 6.56. The Hall–Kier alpha value is -2.04. The Morgan fingerprint density at radius 1 is 1.12 bits per heavy atom. The lowest BCUT2D eigenvalue weighted by atomic mass is 10.1. The van der Waals surface area contributed by atoms with Crippen LogP contribution in [-0.4, -0.2) is 21.3 Å². The van der Waals surface area contributed by atoms with Crippen molar-refractivity contribution in [3.63, 3.8) is 0 Å². The Balaban J connectivity index is 0.00000243. The van der Waals surface area contributed by atoms with Crippen molar-refractivity contribution in [2.24, 2.45) is 0 Å². The van der Waals surface area contributed by atoms with Gasteiger partial charge in [-0.3, -0.25) is 0 Å². The molecule has 4 nitrogen and oxygen atoms in total. The maximum Gasteiger partial charge on any atom is 0.138 e. The van der Waals surface area contributed by atoms with Crippen LogP contribution in [0.3, 0.4) is 0 Å². The Labute approximate surface area is 161 Å². The van der Waals surface area contributed by atoms with Crippen molar-refractivity contribution in [1.29, 1.82) is 0 Å². The van der Waals surface area contributed by atoms with E-state index in [2.05, 4.69) is 47.7 Å². The number of aliphatic hydroxyl groups is 1. The van der Waals surface area contributed by atoms with Gasteiger partial charge in [-0.2, -0.15) is 0 Å². The van der Waals surface area contributed by atoms with Gasteiger partial charge in [0, 0.05) is 6.54 Å². The minimum atomic E-state index is -0.534. The molecule has 3 aromatic rings. The van der Waals surface area contributed by atoms with E-state index in [1.165, 1.54) is 11.1 Å². The van der Waals surface area contributed by atoms with Crippen molar-refractivity contribution in [3.05, 3.63) is 59.4 Å². The zero-order valence-corrected chi connectivity index (χ0v) is 16.4.